The van der Waals surface area contributed by atoms with Gasteiger partial charge in [-0.3, -0.25) is 0 Å². The van der Waals surface area contributed by atoms with E-state index in [9.17, 15) is 0 Å². The normalized spacial score (nSPS) is 12.1. The lowest BCUT2D eigenvalue weighted by molar-refractivity contribution is 0.391. The molecule has 0 amide bonds. The van der Waals surface area contributed by atoms with Gasteiger partial charge in [-0.05, 0) is 34.6 Å². The Hall–Kier alpha value is -0.870. The van der Waals surface area contributed by atoms with Crippen LogP contribution in [0.4, 0.5) is 0 Å². The highest BCUT2D eigenvalue weighted by atomic mass is 16.5. The lowest BCUT2D eigenvalue weighted by Crippen LogP contribution is -2.40. The van der Waals surface area contributed by atoms with Gasteiger partial charge in [0, 0.05) is 30.7 Å². The van der Waals surface area contributed by atoms with E-state index < -0.39 is 0 Å². The Bertz CT molecular complexity index is 306. The molecule has 0 bridgehead atoms. The van der Waals surface area contributed by atoms with Crippen molar-refractivity contribution in [3.63, 3.8) is 0 Å². The lowest BCUT2D eigenvalue weighted by Gasteiger charge is -2.20. The number of nitrogens with one attached hydrogen (secondary N) is 2. The van der Waals surface area contributed by atoms with Gasteiger partial charge < -0.3 is 15.2 Å². The summed E-state index contributed by atoms with van der Waals surface area (Å²) in [6.07, 6.45) is 0. The average molecular weight is 225 g/mol. The van der Waals surface area contributed by atoms with Gasteiger partial charge in [0.05, 0.1) is 5.69 Å². The first-order valence-corrected chi connectivity index (χ1v) is 5.77. The molecule has 0 radical (unpaired) electrons. The zero-order chi connectivity index (χ0) is 12.2. The summed E-state index contributed by atoms with van der Waals surface area (Å²) in [5, 5.41) is 10.7. The van der Waals surface area contributed by atoms with Crippen LogP contribution in [0.25, 0.3) is 0 Å². The van der Waals surface area contributed by atoms with E-state index in [1.54, 1.807) is 0 Å². The van der Waals surface area contributed by atoms with E-state index in [-0.39, 0.29) is 5.54 Å². The quantitative estimate of drug-likeness (QED) is 0.750. The van der Waals surface area contributed by atoms with Crippen molar-refractivity contribution >= 4 is 0 Å². The van der Waals surface area contributed by atoms with Crippen LogP contribution >= 0.6 is 0 Å². The van der Waals surface area contributed by atoms with Crippen LogP contribution in [0.15, 0.2) is 4.52 Å². The molecular formula is C12H23N3O. The van der Waals surface area contributed by atoms with Gasteiger partial charge in [-0.1, -0.05) is 5.16 Å². The first-order chi connectivity index (χ1) is 7.40. The van der Waals surface area contributed by atoms with Crippen molar-refractivity contribution in [2.45, 2.75) is 46.7 Å². The summed E-state index contributed by atoms with van der Waals surface area (Å²) in [6.45, 7) is 13.2. The van der Waals surface area contributed by atoms with Gasteiger partial charge in [0.25, 0.3) is 0 Å². The lowest BCUT2D eigenvalue weighted by atomic mass is 10.1. The molecule has 2 N–H and O–H groups in total. The zero-order valence-electron chi connectivity index (χ0n) is 11.0. The van der Waals surface area contributed by atoms with E-state index in [0.717, 1.165) is 31.1 Å². The first-order valence-electron chi connectivity index (χ1n) is 5.77. The average Bonchev–Trinajstić information content (AvgIpc) is 2.46. The topological polar surface area (TPSA) is 50.1 Å². The Morgan fingerprint density at radius 2 is 1.88 bits per heavy atom. The summed E-state index contributed by atoms with van der Waals surface area (Å²) in [5.41, 5.74) is 2.34. The van der Waals surface area contributed by atoms with Crippen LogP contribution < -0.4 is 10.6 Å². The van der Waals surface area contributed by atoms with Crippen molar-refractivity contribution in [3.05, 3.63) is 17.0 Å². The maximum absolute atomic E-state index is 5.10. The van der Waals surface area contributed by atoms with Crippen molar-refractivity contribution in [2.24, 2.45) is 0 Å². The number of aryl methyl sites for hydroxylation is 2. The van der Waals surface area contributed by atoms with E-state index in [1.165, 1.54) is 5.56 Å². The van der Waals surface area contributed by atoms with Crippen LogP contribution in [-0.4, -0.2) is 23.8 Å². The molecule has 0 aliphatic rings. The third-order valence-corrected chi connectivity index (χ3v) is 2.44. The van der Waals surface area contributed by atoms with Crippen LogP contribution in [0.1, 0.15) is 37.8 Å². The molecule has 16 heavy (non-hydrogen) atoms. The number of rotatable bonds is 5. The monoisotopic (exact) mass is 225 g/mol. The van der Waals surface area contributed by atoms with Crippen molar-refractivity contribution in [3.8, 4) is 0 Å². The Labute approximate surface area is 97.8 Å². The minimum absolute atomic E-state index is 0.185. The smallest absolute Gasteiger partial charge is 0.138 e. The third kappa shape index (κ3) is 4.33. The molecule has 0 fully saturated rings. The predicted molar refractivity (Wildman–Crippen MR) is 65.4 cm³/mol. The van der Waals surface area contributed by atoms with Gasteiger partial charge in [-0.15, -0.1) is 0 Å². The molecule has 0 atom stereocenters. The fourth-order valence-corrected chi connectivity index (χ4v) is 1.49. The van der Waals surface area contributed by atoms with E-state index in [4.69, 9.17) is 4.52 Å². The molecule has 0 aliphatic carbocycles. The zero-order valence-corrected chi connectivity index (χ0v) is 11.0. The van der Waals surface area contributed by atoms with Gasteiger partial charge in [-0.2, -0.15) is 0 Å². The summed E-state index contributed by atoms with van der Waals surface area (Å²) in [5.74, 6) is 0.911. The maximum Gasteiger partial charge on any atom is 0.138 e. The maximum atomic E-state index is 5.10. The second kappa shape index (κ2) is 5.46. The number of hydrogen-bond donors (Lipinski definition) is 2. The minimum Gasteiger partial charge on any atom is -0.361 e. The van der Waals surface area contributed by atoms with Crippen LogP contribution in [0.2, 0.25) is 0 Å². The minimum atomic E-state index is 0.185. The number of nitrogens with zero attached hydrogens (tertiary/aromatic N) is 1. The van der Waals surface area contributed by atoms with Crippen molar-refractivity contribution < 1.29 is 4.52 Å². The van der Waals surface area contributed by atoms with Gasteiger partial charge in [0.15, 0.2) is 0 Å². The molecule has 4 heteroatoms. The predicted octanol–water partition coefficient (Wildman–Crippen LogP) is 1.77. The van der Waals surface area contributed by atoms with Crippen LogP contribution in [0.5, 0.6) is 0 Å². The molecule has 1 rings (SSSR count). The molecule has 4 nitrogen and oxygen atoms in total. The second-order valence-electron chi connectivity index (χ2n) is 5.16. The SMILES string of the molecule is Cc1noc(C)c1CNCCNC(C)(C)C. The summed E-state index contributed by atoms with van der Waals surface area (Å²) in [7, 11) is 0. The fourth-order valence-electron chi connectivity index (χ4n) is 1.49. The standard InChI is InChI=1S/C12H23N3O/c1-9-11(10(2)16-15-9)8-13-6-7-14-12(3,4)5/h13-14H,6-8H2,1-5H3. The summed E-state index contributed by atoms with van der Waals surface area (Å²) in [6, 6.07) is 0. The fraction of sp³-hybridized carbons (Fsp3) is 0.750. The van der Waals surface area contributed by atoms with E-state index in [2.05, 4.69) is 36.6 Å². The van der Waals surface area contributed by atoms with Gasteiger partial charge in [0.1, 0.15) is 5.76 Å². The van der Waals surface area contributed by atoms with Crippen molar-refractivity contribution in [1.29, 1.82) is 0 Å². The molecule has 1 aromatic rings. The van der Waals surface area contributed by atoms with Crippen molar-refractivity contribution in [1.82, 2.24) is 15.8 Å². The molecule has 92 valence electrons. The molecule has 0 spiro atoms. The molecule has 0 aliphatic heterocycles. The Kier molecular flexibility index (Phi) is 4.50. The molecule has 1 heterocycles. The number of hydrogen-bond acceptors (Lipinski definition) is 4. The summed E-state index contributed by atoms with van der Waals surface area (Å²) < 4.78 is 5.10. The Balaban J connectivity index is 2.22. The van der Waals surface area contributed by atoms with E-state index >= 15 is 0 Å². The first kappa shape index (κ1) is 13.2. The number of aromatic nitrogens is 1. The summed E-state index contributed by atoms with van der Waals surface area (Å²) >= 11 is 0. The van der Waals surface area contributed by atoms with Gasteiger partial charge >= 0.3 is 0 Å². The Morgan fingerprint density at radius 1 is 1.19 bits per heavy atom. The highest BCUT2D eigenvalue weighted by molar-refractivity contribution is 5.20. The summed E-state index contributed by atoms with van der Waals surface area (Å²) in [4.78, 5) is 0. The Morgan fingerprint density at radius 3 is 2.38 bits per heavy atom. The van der Waals surface area contributed by atoms with Crippen LogP contribution in [-0.2, 0) is 6.54 Å². The molecule has 1 aromatic heterocycles. The molecule has 0 saturated carbocycles. The van der Waals surface area contributed by atoms with E-state index in [1.807, 2.05) is 13.8 Å². The van der Waals surface area contributed by atoms with Crippen LogP contribution in [0.3, 0.4) is 0 Å². The van der Waals surface area contributed by atoms with Gasteiger partial charge in [-0.25, -0.2) is 0 Å². The van der Waals surface area contributed by atoms with Crippen molar-refractivity contribution in [2.75, 3.05) is 13.1 Å². The second-order valence-corrected chi connectivity index (χ2v) is 5.16. The highest BCUT2D eigenvalue weighted by Gasteiger charge is 2.09. The molecule has 0 saturated heterocycles. The highest BCUT2D eigenvalue weighted by Crippen LogP contribution is 2.11. The van der Waals surface area contributed by atoms with Gasteiger partial charge in [0.2, 0.25) is 0 Å². The van der Waals surface area contributed by atoms with E-state index in [0.29, 0.717) is 0 Å². The van der Waals surface area contributed by atoms with Crippen LogP contribution in [0, 0.1) is 13.8 Å². The molecule has 0 unspecified atom stereocenters. The largest absolute Gasteiger partial charge is 0.361 e. The third-order valence-electron chi connectivity index (χ3n) is 2.44. The molecular weight excluding hydrogens is 202 g/mol. The molecule has 0 aromatic carbocycles.